The molecule has 21 heavy (non-hydrogen) atoms. The number of rotatable bonds is 8. The second-order valence-electron chi connectivity index (χ2n) is 5.23. The molecule has 0 saturated heterocycles. The van der Waals surface area contributed by atoms with Gasteiger partial charge in [-0.1, -0.05) is 37.6 Å². The first kappa shape index (κ1) is 15.3. The number of aryl methyl sites for hydroxylation is 1. The Kier molecular flexibility index (Phi) is 6.00. The molecule has 2 rings (SSSR count). The Labute approximate surface area is 126 Å². The quantitative estimate of drug-likeness (QED) is 0.783. The molecule has 2 aromatic rings. The van der Waals surface area contributed by atoms with Crippen LogP contribution in [0.1, 0.15) is 36.7 Å². The van der Waals surface area contributed by atoms with Crippen LogP contribution in [-0.4, -0.2) is 22.4 Å². The lowest BCUT2D eigenvalue weighted by atomic mass is 10.0. The fourth-order valence-corrected chi connectivity index (χ4v) is 2.21. The second kappa shape index (κ2) is 8.25. The number of carbonyl (C=O) groups excluding carboxylic acids is 1. The van der Waals surface area contributed by atoms with Crippen LogP contribution in [-0.2, 0) is 24.1 Å². The van der Waals surface area contributed by atoms with Crippen LogP contribution >= 0.6 is 0 Å². The summed E-state index contributed by atoms with van der Waals surface area (Å²) in [5, 5.41) is 2.92. The molecule has 0 aliphatic carbocycles. The van der Waals surface area contributed by atoms with E-state index in [2.05, 4.69) is 46.5 Å². The number of hydrogen-bond acceptors (Lipinski definition) is 2. The minimum atomic E-state index is 0.0582. The number of aromatic nitrogens is 2. The average molecular weight is 285 g/mol. The molecular weight excluding hydrogens is 262 g/mol. The molecule has 0 spiro atoms. The first-order valence-electron chi connectivity index (χ1n) is 7.60. The van der Waals surface area contributed by atoms with Crippen LogP contribution < -0.4 is 5.32 Å². The molecule has 0 aliphatic heterocycles. The fourth-order valence-electron chi connectivity index (χ4n) is 2.21. The summed E-state index contributed by atoms with van der Waals surface area (Å²) in [5.74, 6) is 0.957. The van der Waals surface area contributed by atoms with E-state index in [1.165, 1.54) is 18.4 Å². The molecule has 1 aromatic heterocycles. The number of amides is 1. The summed E-state index contributed by atoms with van der Waals surface area (Å²) in [4.78, 5) is 19.0. The van der Waals surface area contributed by atoms with Gasteiger partial charge >= 0.3 is 0 Å². The van der Waals surface area contributed by atoms with Crippen LogP contribution in [0.25, 0.3) is 0 Å². The smallest absolute Gasteiger partial charge is 0.224 e. The molecule has 4 heteroatoms. The van der Waals surface area contributed by atoms with Crippen molar-refractivity contribution in [1.29, 1.82) is 0 Å². The summed E-state index contributed by atoms with van der Waals surface area (Å²) in [5.41, 5.74) is 2.41. The van der Waals surface area contributed by atoms with Crippen LogP contribution in [0, 0.1) is 0 Å². The van der Waals surface area contributed by atoms with Crippen molar-refractivity contribution >= 4 is 5.91 Å². The molecule has 1 amide bonds. The molecule has 0 aliphatic rings. The zero-order valence-corrected chi connectivity index (χ0v) is 12.6. The molecule has 0 saturated carbocycles. The van der Waals surface area contributed by atoms with Crippen molar-refractivity contribution in [3.63, 3.8) is 0 Å². The number of imidazole rings is 1. The van der Waals surface area contributed by atoms with E-state index in [1.807, 2.05) is 0 Å². The third-order valence-corrected chi connectivity index (χ3v) is 3.45. The van der Waals surface area contributed by atoms with Gasteiger partial charge in [-0.25, -0.2) is 4.98 Å². The molecule has 2 N–H and O–H groups in total. The molecule has 0 radical (unpaired) electrons. The number of hydrogen-bond donors (Lipinski definition) is 2. The highest BCUT2D eigenvalue weighted by molar-refractivity contribution is 5.78. The highest BCUT2D eigenvalue weighted by atomic mass is 16.1. The number of nitrogens with one attached hydrogen (secondary N) is 2. The number of carbonyl (C=O) groups is 1. The monoisotopic (exact) mass is 285 g/mol. The van der Waals surface area contributed by atoms with E-state index in [9.17, 15) is 4.79 Å². The number of aromatic amines is 1. The van der Waals surface area contributed by atoms with Gasteiger partial charge in [-0.05, 0) is 24.0 Å². The van der Waals surface area contributed by atoms with Crippen LogP contribution in [0.2, 0.25) is 0 Å². The van der Waals surface area contributed by atoms with E-state index < -0.39 is 0 Å². The summed E-state index contributed by atoms with van der Waals surface area (Å²) >= 11 is 0. The minimum Gasteiger partial charge on any atom is -0.355 e. The maximum absolute atomic E-state index is 11.9. The number of unbranched alkanes of at least 4 members (excludes halogenated alkanes) is 1. The highest BCUT2D eigenvalue weighted by Crippen LogP contribution is 2.08. The predicted molar refractivity (Wildman–Crippen MR) is 84.1 cm³/mol. The van der Waals surface area contributed by atoms with Crippen molar-refractivity contribution in [2.75, 3.05) is 6.54 Å². The summed E-state index contributed by atoms with van der Waals surface area (Å²) in [6.45, 7) is 2.81. The predicted octanol–water partition coefficient (Wildman–Crippen LogP) is 2.65. The van der Waals surface area contributed by atoms with Crippen molar-refractivity contribution in [2.24, 2.45) is 0 Å². The molecule has 0 fully saturated rings. The fraction of sp³-hybridized carbons (Fsp3) is 0.412. The largest absolute Gasteiger partial charge is 0.355 e. The zero-order chi connectivity index (χ0) is 14.9. The third-order valence-electron chi connectivity index (χ3n) is 3.45. The topological polar surface area (TPSA) is 57.8 Å². The van der Waals surface area contributed by atoms with Gasteiger partial charge in [0, 0.05) is 25.4 Å². The maximum Gasteiger partial charge on any atom is 0.224 e. The van der Waals surface area contributed by atoms with Gasteiger partial charge in [-0.15, -0.1) is 0 Å². The lowest BCUT2D eigenvalue weighted by molar-refractivity contribution is -0.120. The van der Waals surface area contributed by atoms with Crippen molar-refractivity contribution in [1.82, 2.24) is 15.3 Å². The zero-order valence-electron chi connectivity index (χ0n) is 12.6. The Balaban J connectivity index is 1.71. The number of nitrogens with zero attached hydrogens (tertiary/aromatic N) is 1. The van der Waals surface area contributed by atoms with Crippen LogP contribution in [0.3, 0.4) is 0 Å². The normalized spacial score (nSPS) is 10.5. The van der Waals surface area contributed by atoms with Crippen molar-refractivity contribution in [2.45, 2.75) is 39.0 Å². The highest BCUT2D eigenvalue weighted by Gasteiger charge is 2.04. The summed E-state index contributed by atoms with van der Waals surface area (Å²) in [6.07, 6.45) is 8.22. The Morgan fingerprint density at radius 2 is 1.95 bits per heavy atom. The van der Waals surface area contributed by atoms with Crippen LogP contribution in [0.4, 0.5) is 0 Å². The average Bonchev–Trinajstić information content (AvgIpc) is 3.00. The standard InChI is InChI=1S/C17H23N3O/c1-2-3-4-14-5-7-15(8-6-14)13-17(21)20-10-9-16-18-11-12-19-16/h5-8,11-12H,2-4,9-10,13H2,1H3,(H,18,19)(H,20,21). The van der Waals surface area contributed by atoms with Gasteiger partial charge in [-0.3, -0.25) is 4.79 Å². The van der Waals surface area contributed by atoms with Gasteiger partial charge in [0.15, 0.2) is 0 Å². The number of H-pyrrole nitrogens is 1. The lowest BCUT2D eigenvalue weighted by Gasteiger charge is -2.05. The SMILES string of the molecule is CCCCc1ccc(CC(=O)NCCc2ncc[nH]2)cc1. The van der Waals surface area contributed by atoms with Gasteiger partial charge < -0.3 is 10.3 Å². The first-order valence-corrected chi connectivity index (χ1v) is 7.60. The molecule has 0 unspecified atom stereocenters. The Hall–Kier alpha value is -2.10. The van der Waals surface area contributed by atoms with Gasteiger partial charge in [0.25, 0.3) is 0 Å². The van der Waals surface area contributed by atoms with E-state index in [0.29, 0.717) is 13.0 Å². The van der Waals surface area contributed by atoms with E-state index in [0.717, 1.165) is 24.2 Å². The van der Waals surface area contributed by atoms with Gasteiger partial charge in [0.2, 0.25) is 5.91 Å². The lowest BCUT2D eigenvalue weighted by Crippen LogP contribution is -2.27. The number of benzene rings is 1. The Morgan fingerprint density at radius 3 is 2.62 bits per heavy atom. The van der Waals surface area contributed by atoms with Crippen LogP contribution in [0.15, 0.2) is 36.7 Å². The van der Waals surface area contributed by atoms with E-state index in [4.69, 9.17) is 0 Å². The Morgan fingerprint density at radius 1 is 1.19 bits per heavy atom. The molecular formula is C17H23N3O. The van der Waals surface area contributed by atoms with Gasteiger partial charge in [0.05, 0.1) is 6.42 Å². The van der Waals surface area contributed by atoms with Crippen molar-refractivity contribution < 1.29 is 4.79 Å². The van der Waals surface area contributed by atoms with E-state index >= 15 is 0 Å². The van der Waals surface area contributed by atoms with Gasteiger partial charge in [-0.2, -0.15) is 0 Å². The van der Waals surface area contributed by atoms with E-state index in [-0.39, 0.29) is 5.91 Å². The van der Waals surface area contributed by atoms with Gasteiger partial charge in [0.1, 0.15) is 5.82 Å². The first-order chi connectivity index (χ1) is 10.3. The van der Waals surface area contributed by atoms with E-state index in [1.54, 1.807) is 12.4 Å². The minimum absolute atomic E-state index is 0.0582. The molecule has 1 aromatic carbocycles. The maximum atomic E-state index is 11.9. The molecule has 1 heterocycles. The summed E-state index contributed by atoms with van der Waals surface area (Å²) in [6, 6.07) is 8.36. The third kappa shape index (κ3) is 5.42. The molecule has 4 nitrogen and oxygen atoms in total. The summed E-state index contributed by atoms with van der Waals surface area (Å²) in [7, 11) is 0. The second-order valence-corrected chi connectivity index (χ2v) is 5.23. The molecule has 0 atom stereocenters. The molecule has 0 bridgehead atoms. The Bertz CT molecular complexity index is 532. The van der Waals surface area contributed by atoms with Crippen LogP contribution in [0.5, 0.6) is 0 Å². The molecule has 112 valence electrons. The van der Waals surface area contributed by atoms with Crippen molar-refractivity contribution in [3.8, 4) is 0 Å². The summed E-state index contributed by atoms with van der Waals surface area (Å²) < 4.78 is 0. The van der Waals surface area contributed by atoms with Crippen molar-refractivity contribution in [3.05, 3.63) is 53.6 Å².